The number of aliphatic hydroxyl groups excluding tert-OH is 1. The molecular formula is C14H13N3O3S. The van der Waals surface area contributed by atoms with Crippen molar-refractivity contribution in [1.29, 1.82) is 5.26 Å². The van der Waals surface area contributed by atoms with Crippen molar-refractivity contribution < 1.29 is 14.4 Å². The highest BCUT2D eigenvalue weighted by atomic mass is 32.2. The highest BCUT2D eigenvalue weighted by Gasteiger charge is 2.26. The van der Waals surface area contributed by atoms with Gasteiger partial charge in [-0.05, 0) is 12.1 Å². The van der Waals surface area contributed by atoms with E-state index >= 15 is 0 Å². The fraction of sp³-hybridized carbons (Fsp3) is 0.357. The number of nitrogens with zero attached hydrogens (tertiary/aromatic N) is 3. The molecule has 1 aromatic carbocycles. The fourth-order valence-corrected chi connectivity index (χ4v) is 2.99. The van der Waals surface area contributed by atoms with Crippen LogP contribution in [0.4, 0.5) is 0 Å². The molecular weight excluding hydrogens is 290 g/mol. The van der Waals surface area contributed by atoms with E-state index in [0.717, 1.165) is 10.6 Å². The third kappa shape index (κ3) is 3.17. The van der Waals surface area contributed by atoms with Crippen LogP contribution in [0.2, 0.25) is 0 Å². The third-order valence-corrected chi connectivity index (χ3v) is 4.14. The number of para-hydroxylation sites is 1. The van der Waals surface area contributed by atoms with Gasteiger partial charge in [-0.1, -0.05) is 17.3 Å². The lowest BCUT2D eigenvalue weighted by atomic mass is 10.2. The van der Waals surface area contributed by atoms with E-state index in [1.54, 1.807) is 11.8 Å². The maximum absolute atomic E-state index is 9.57. The molecule has 0 saturated carbocycles. The van der Waals surface area contributed by atoms with Crippen LogP contribution in [0.3, 0.4) is 0 Å². The first-order chi connectivity index (χ1) is 10.3. The van der Waals surface area contributed by atoms with Crippen LogP contribution in [0, 0.1) is 11.3 Å². The summed E-state index contributed by atoms with van der Waals surface area (Å²) in [7, 11) is 0. The summed E-state index contributed by atoms with van der Waals surface area (Å²) in [6.07, 6.45) is -0.834. The van der Waals surface area contributed by atoms with Crippen molar-refractivity contribution in [2.45, 2.75) is 29.9 Å². The van der Waals surface area contributed by atoms with Crippen LogP contribution in [0.25, 0.3) is 0 Å². The molecule has 1 aromatic heterocycles. The van der Waals surface area contributed by atoms with Crippen LogP contribution in [0.15, 0.2) is 33.7 Å². The molecule has 1 N–H and O–H groups in total. The average Bonchev–Trinajstić information content (AvgIpc) is 2.95. The monoisotopic (exact) mass is 303 g/mol. The van der Waals surface area contributed by atoms with Gasteiger partial charge >= 0.3 is 0 Å². The second-order valence-electron chi connectivity index (χ2n) is 4.63. The summed E-state index contributed by atoms with van der Waals surface area (Å²) in [6, 6.07) is 9.71. The number of ether oxygens (including phenoxy) is 1. The van der Waals surface area contributed by atoms with Gasteiger partial charge in [0.15, 0.2) is 6.10 Å². The summed E-state index contributed by atoms with van der Waals surface area (Å²) in [5.74, 6) is 2.31. The van der Waals surface area contributed by atoms with Crippen molar-refractivity contribution in [2.75, 3.05) is 5.75 Å². The molecule has 3 rings (SSSR count). The molecule has 6 nitrogen and oxygen atoms in total. The molecule has 108 valence electrons. The molecule has 0 aliphatic carbocycles. The van der Waals surface area contributed by atoms with E-state index in [9.17, 15) is 5.11 Å². The third-order valence-electron chi connectivity index (χ3n) is 3.02. The minimum atomic E-state index is -0.786. The molecule has 1 aliphatic heterocycles. The minimum absolute atomic E-state index is 0.0425. The number of fused-ring (bicyclic) bond motifs is 1. The van der Waals surface area contributed by atoms with E-state index in [1.807, 2.05) is 30.3 Å². The lowest BCUT2D eigenvalue weighted by molar-refractivity contribution is 0.166. The quantitative estimate of drug-likeness (QED) is 0.924. The fourth-order valence-electron chi connectivity index (χ4n) is 2.01. The Kier molecular flexibility index (Phi) is 4.08. The van der Waals surface area contributed by atoms with E-state index < -0.39 is 6.10 Å². The topological polar surface area (TPSA) is 92.2 Å². The first-order valence-corrected chi connectivity index (χ1v) is 7.51. The first-order valence-electron chi connectivity index (χ1n) is 6.52. The van der Waals surface area contributed by atoms with Gasteiger partial charge in [0.25, 0.3) is 0 Å². The summed E-state index contributed by atoms with van der Waals surface area (Å²) in [6.45, 7) is 0. The zero-order valence-corrected chi connectivity index (χ0v) is 11.9. The molecule has 21 heavy (non-hydrogen) atoms. The molecule has 0 spiro atoms. The summed E-state index contributed by atoms with van der Waals surface area (Å²) < 4.78 is 11.0. The number of benzene rings is 1. The van der Waals surface area contributed by atoms with Crippen molar-refractivity contribution in [3.8, 4) is 11.8 Å². The average molecular weight is 303 g/mol. The number of aromatic nitrogens is 2. The Morgan fingerprint density at radius 3 is 3.19 bits per heavy atom. The molecule has 0 bridgehead atoms. The summed E-state index contributed by atoms with van der Waals surface area (Å²) >= 11 is 1.68. The summed E-state index contributed by atoms with van der Waals surface area (Å²) in [5, 5.41) is 22.0. The van der Waals surface area contributed by atoms with E-state index in [2.05, 4.69) is 10.1 Å². The van der Waals surface area contributed by atoms with Gasteiger partial charge in [0, 0.05) is 10.6 Å². The van der Waals surface area contributed by atoms with Gasteiger partial charge in [-0.25, -0.2) is 0 Å². The van der Waals surface area contributed by atoms with Crippen molar-refractivity contribution in [2.24, 2.45) is 0 Å². The summed E-state index contributed by atoms with van der Waals surface area (Å²) in [4.78, 5) is 5.34. The maximum Gasteiger partial charge on any atom is 0.229 e. The SMILES string of the molecule is N#CCC(O)Cc1nc(C2CSc3ccccc3O2)no1. The molecule has 1 aliphatic rings. The van der Waals surface area contributed by atoms with Gasteiger partial charge in [0.2, 0.25) is 11.7 Å². The second-order valence-corrected chi connectivity index (χ2v) is 5.69. The number of hydrogen-bond donors (Lipinski definition) is 1. The van der Waals surface area contributed by atoms with E-state index in [1.165, 1.54) is 0 Å². The number of aliphatic hydroxyl groups is 1. The Morgan fingerprint density at radius 1 is 1.48 bits per heavy atom. The Morgan fingerprint density at radius 2 is 2.33 bits per heavy atom. The van der Waals surface area contributed by atoms with Gasteiger partial charge in [-0.2, -0.15) is 10.2 Å². The van der Waals surface area contributed by atoms with E-state index in [-0.39, 0.29) is 18.9 Å². The van der Waals surface area contributed by atoms with Crippen LogP contribution < -0.4 is 4.74 Å². The largest absolute Gasteiger partial charge is 0.480 e. The van der Waals surface area contributed by atoms with E-state index in [4.69, 9.17) is 14.5 Å². The lowest BCUT2D eigenvalue weighted by Gasteiger charge is -2.22. The zero-order valence-electron chi connectivity index (χ0n) is 11.1. The van der Waals surface area contributed by atoms with E-state index in [0.29, 0.717) is 17.5 Å². The van der Waals surface area contributed by atoms with Gasteiger partial charge in [-0.3, -0.25) is 0 Å². The molecule has 0 amide bonds. The van der Waals surface area contributed by atoms with Crippen molar-refractivity contribution >= 4 is 11.8 Å². The van der Waals surface area contributed by atoms with Crippen LogP contribution in [-0.4, -0.2) is 27.1 Å². The second kappa shape index (κ2) is 6.16. The van der Waals surface area contributed by atoms with Gasteiger partial charge < -0.3 is 14.4 Å². The highest BCUT2D eigenvalue weighted by molar-refractivity contribution is 7.99. The first kappa shape index (κ1) is 13.9. The molecule has 0 fully saturated rings. The van der Waals surface area contributed by atoms with Crippen LogP contribution in [-0.2, 0) is 6.42 Å². The molecule has 0 saturated heterocycles. The zero-order chi connectivity index (χ0) is 14.7. The molecule has 2 heterocycles. The predicted octanol–water partition coefficient (Wildman–Crippen LogP) is 2.11. The van der Waals surface area contributed by atoms with Crippen LogP contribution in [0.5, 0.6) is 5.75 Å². The number of hydrogen-bond acceptors (Lipinski definition) is 7. The van der Waals surface area contributed by atoms with Gasteiger partial charge in [0.05, 0.1) is 25.0 Å². The van der Waals surface area contributed by atoms with Crippen LogP contribution >= 0.6 is 11.8 Å². The molecule has 2 atom stereocenters. The Balaban J connectivity index is 1.69. The molecule has 2 aromatic rings. The Bertz CT molecular complexity index is 667. The normalized spacial score (nSPS) is 18.4. The predicted molar refractivity (Wildman–Crippen MR) is 74.8 cm³/mol. The Hall–Kier alpha value is -2.04. The smallest absolute Gasteiger partial charge is 0.229 e. The van der Waals surface area contributed by atoms with Crippen molar-refractivity contribution in [1.82, 2.24) is 10.1 Å². The number of thioether (sulfide) groups is 1. The maximum atomic E-state index is 9.57. The molecule has 0 radical (unpaired) electrons. The molecule has 7 heteroatoms. The highest BCUT2D eigenvalue weighted by Crippen LogP contribution is 2.39. The Labute approximate surface area is 125 Å². The summed E-state index contributed by atoms with van der Waals surface area (Å²) in [5.41, 5.74) is 0. The number of rotatable bonds is 4. The van der Waals surface area contributed by atoms with Gasteiger partial charge in [-0.15, -0.1) is 11.8 Å². The van der Waals surface area contributed by atoms with Crippen molar-refractivity contribution in [3.05, 3.63) is 36.0 Å². The van der Waals surface area contributed by atoms with Crippen LogP contribution in [0.1, 0.15) is 24.2 Å². The van der Waals surface area contributed by atoms with Crippen molar-refractivity contribution in [3.63, 3.8) is 0 Å². The molecule has 2 unspecified atom stereocenters. The number of nitriles is 1. The lowest BCUT2D eigenvalue weighted by Crippen LogP contribution is -2.16. The minimum Gasteiger partial charge on any atom is -0.480 e. The van der Waals surface area contributed by atoms with Gasteiger partial charge in [0.1, 0.15) is 5.75 Å². The standard InChI is InChI=1S/C14H13N3O3S/c15-6-5-9(18)7-13-16-14(17-20-13)11-8-21-12-4-2-1-3-10(12)19-11/h1-4,9,11,18H,5,7-8H2.